The van der Waals surface area contributed by atoms with E-state index < -0.39 is 0 Å². The molecule has 1 aliphatic rings. The lowest BCUT2D eigenvalue weighted by atomic mass is 9.99. The maximum atomic E-state index is 6.00. The Kier molecular flexibility index (Phi) is 2.61. The molecule has 2 heteroatoms. The minimum atomic E-state index is 0.0247. The lowest BCUT2D eigenvalue weighted by molar-refractivity contribution is -0.0763. The summed E-state index contributed by atoms with van der Waals surface area (Å²) in [6.07, 6.45) is 0. The van der Waals surface area contributed by atoms with Crippen LogP contribution >= 0.6 is 0 Å². The predicted molar refractivity (Wildman–Crippen MR) is 70.0 cm³/mol. The first kappa shape index (κ1) is 10.8. The molecule has 0 bridgehead atoms. The minimum absolute atomic E-state index is 0.0247. The quantitative estimate of drug-likeness (QED) is 0.870. The molecule has 1 N–H and O–H groups in total. The van der Waals surface area contributed by atoms with Gasteiger partial charge in [0.05, 0.1) is 12.2 Å². The molecule has 0 atom stereocenters. The average Bonchev–Trinajstić information content (AvgIpc) is 2.34. The van der Waals surface area contributed by atoms with Gasteiger partial charge in [-0.05, 0) is 23.3 Å². The Labute approximate surface area is 102 Å². The highest BCUT2D eigenvalue weighted by molar-refractivity contribution is 5.85. The standard InChI is InChI=1S/C15H17NO/c1-15(10-16-11-15)17-9-13-7-4-6-12-5-2-3-8-14(12)13/h2-8,16H,9-11H2,1H3. The van der Waals surface area contributed by atoms with Gasteiger partial charge in [0.25, 0.3) is 0 Å². The van der Waals surface area contributed by atoms with E-state index in [0.29, 0.717) is 6.61 Å². The third-order valence-electron chi connectivity index (χ3n) is 3.45. The van der Waals surface area contributed by atoms with E-state index in [9.17, 15) is 0 Å². The minimum Gasteiger partial charge on any atom is -0.368 e. The van der Waals surface area contributed by atoms with Gasteiger partial charge in [-0.1, -0.05) is 42.5 Å². The molecule has 0 unspecified atom stereocenters. The average molecular weight is 227 g/mol. The summed E-state index contributed by atoms with van der Waals surface area (Å²) in [5, 5.41) is 5.83. The fourth-order valence-corrected chi connectivity index (χ4v) is 2.25. The fraction of sp³-hybridized carbons (Fsp3) is 0.333. The summed E-state index contributed by atoms with van der Waals surface area (Å²) in [5.74, 6) is 0. The van der Waals surface area contributed by atoms with Crippen LogP contribution in [0, 0.1) is 0 Å². The maximum Gasteiger partial charge on any atom is 0.0906 e. The van der Waals surface area contributed by atoms with Crippen LogP contribution in [0.2, 0.25) is 0 Å². The highest BCUT2D eigenvalue weighted by atomic mass is 16.5. The number of benzene rings is 2. The van der Waals surface area contributed by atoms with Gasteiger partial charge >= 0.3 is 0 Å². The van der Waals surface area contributed by atoms with Crippen molar-refractivity contribution in [1.82, 2.24) is 5.32 Å². The van der Waals surface area contributed by atoms with E-state index in [1.54, 1.807) is 0 Å². The lowest BCUT2D eigenvalue weighted by Gasteiger charge is -2.39. The largest absolute Gasteiger partial charge is 0.368 e. The number of hydrogen-bond acceptors (Lipinski definition) is 2. The summed E-state index contributed by atoms with van der Waals surface area (Å²) in [5.41, 5.74) is 1.30. The SMILES string of the molecule is CC1(OCc2cccc3ccccc23)CNC1. The van der Waals surface area contributed by atoms with Gasteiger partial charge in [-0.25, -0.2) is 0 Å². The number of fused-ring (bicyclic) bond motifs is 1. The zero-order valence-electron chi connectivity index (χ0n) is 10.1. The van der Waals surface area contributed by atoms with Crippen molar-refractivity contribution in [2.24, 2.45) is 0 Å². The monoisotopic (exact) mass is 227 g/mol. The summed E-state index contributed by atoms with van der Waals surface area (Å²) in [6.45, 7) is 4.77. The van der Waals surface area contributed by atoms with Gasteiger partial charge in [0.15, 0.2) is 0 Å². The Morgan fingerprint density at radius 1 is 1.12 bits per heavy atom. The van der Waals surface area contributed by atoms with E-state index in [1.807, 2.05) is 0 Å². The van der Waals surface area contributed by atoms with E-state index in [0.717, 1.165) is 13.1 Å². The van der Waals surface area contributed by atoms with E-state index in [-0.39, 0.29) is 5.60 Å². The Hall–Kier alpha value is -1.38. The Morgan fingerprint density at radius 3 is 2.65 bits per heavy atom. The molecule has 1 fully saturated rings. The number of ether oxygens (including phenoxy) is 1. The van der Waals surface area contributed by atoms with Crippen molar-refractivity contribution in [3.05, 3.63) is 48.0 Å². The normalized spacial score (nSPS) is 17.9. The second-order valence-corrected chi connectivity index (χ2v) is 4.98. The van der Waals surface area contributed by atoms with Gasteiger partial charge in [0.1, 0.15) is 0 Å². The van der Waals surface area contributed by atoms with Crippen LogP contribution in [0.5, 0.6) is 0 Å². The van der Waals surface area contributed by atoms with Crippen LogP contribution in [0.3, 0.4) is 0 Å². The molecule has 0 aliphatic carbocycles. The first-order valence-corrected chi connectivity index (χ1v) is 6.08. The zero-order chi connectivity index (χ0) is 11.7. The van der Waals surface area contributed by atoms with Gasteiger partial charge in [0, 0.05) is 13.1 Å². The van der Waals surface area contributed by atoms with Crippen LogP contribution < -0.4 is 5.32 Å². The van der Waals surface area contributed by atoms with Crippen LogP contribution in [-0.4, -0.2) is 18.7 Å². The lowest BCUT2D eigenvalue weighted by Crippen LogP contribution is -2.58. The number of nitrogens with one attached hydrogen (secondary N) is 1. The summed E-state index contributed by atoms with van der Waals surface area (Å²) < 4.78 is 6.00. The molecule has 17 heavy (non-hydrogen) atoms. The molecule has 2 nitrogen and oxygen atoms in total. The topological polar surface area (TPSA) is 21.3 Å². The van der Waals surface area contributed by atoms with Gasteiger partial charge in [0.2, 0.25) is 0 Å². The van der Waals surface area contributed by atoms with Crippen LogP contribution in [-0.2, 0) is 11.3 Å². The van der Waals surface area contributed by atoms with E-state index in [4.69, 9.17) is 4.74 Å². The number of rotatable bonds is 3. The predicted octanol–water partition coefficient (Wildman–Crippen LogP) is 2.72. The van der Waals surface area contributed by atoms with Crippen molar-refractivity contribution in [2.75, 3.05) is 13.1 Å². The number of hydrogen-bond donors (Lipinski definition) is 1. The molecule has 1 heterocycles. The third kappa shape index (κ3) is 2.06. The Bertz CT molecular complexity index is 526. The first-order chi connectivity index (χ1) is 8.27. The van der Waals surface area contributed by atoms with Crippen LogP contribution in [0.15, 0.2) is 42.5 Å². The summed E-state index contributed by atoms with van der Waals surface area (Å²) >= 11 is 0. The van der Waals surface area contributed by atoms with Crippen LogP contribution in [0.4, 0.5) is 0 Å². The highest BCUT2D eigenvalue weighted by Crippen LogP contribution is 2.23. The van der Waals surface area contributed by atoms with Crippen molar-refractivity contribution >= 4 is 10.8 Å². The third-order valence-corrected chi connectivity index (χ3v) is 3.45. The van der Waals surface area contributed by atoms with Crippen LogP contribution in [0.1, 0.15) is 12.5 Å². The molecule has 1 aliphatic heterocycles. The van der Waals surface area contributed by atoms with Crippen molar-refractivity contribution in [1.29, 1.82) is 0 Å². The van der Waals surface area contributed by atoms with Crippen molar-refractivity contribution in [3.8, 4) is 0 Å². The second kappa shape index (κ2) is 4.13. The molecule has 1 saturated heterocycles. The van der Waals surface area contributed by atoms with E-state index in [1.165, 1.54) is 16.3 Å². The first-order valence-electron chi connectivity index (χ1n) is 6.08. The smallest absolute Gasteiger partial charge is 0.0906 e. The Balaban J connectivity index is 1.85. The van der Waals surface area contributed by atoms with Gasteiger partial charge in [-0.15, -0.1) is 0 Å². The Morgan fingerprint density at radius 2 is 1.88 bits per heavy atom. The maximum absolute atomic E-state index is 6.00. The van der Waals surface area contributed by atoms with Gasteiger partial charge < -0.3 is 10.1 Å². The molecular formula is C15H17NO. The molecule has 0 amide bonds. The molecule has 0 spiro atoms. The fourth-order valence-electron chi connectivity index (χ4n) is 2.25. The molecule has 88 valence electrons. The summed E-state index contributed by atoms with van der Waals surface area (Å²) in [7, 11) is 0. The zero-order valence-corrected chi connectivity index (χ0v) is 10.1. The van der Waals surface area contributed by atoms with E-state index >= 15 is 0 Å². The molecule has 0 aromatic heterocycles. The molecule has 0 saturated carbocycles. The van der Waals surface area contributed by atoms with Gasteiger partial charge in [-0.3, -0.25) is 0 Å². The highest BCUT2D eigenvalue weighted by Gasteiger charge is 2.32. The molecule has 0 radical (unpaired) electrons. The van der Waals surface area contributed by atoms with Crippen molar-refractivity contribution in [3.63, 3.8) is 0 Å². The van der Waals surface area contributed by atoms with E-state index in [2.05, 4.69) is 54.7 Å². The summed E-state index contributed by atoms with van der Waals surface area (Å²) in [6, 6.07) is 14.9. The molecule has 2 aromatic carbocycles. The molecular weight excluding hydrogens is 210 g/mol. The van der Waals surface area contributed by atoms with Crippen LogP contribution in [0.25, 0.3) is 10.8 Å². The molecule has 2 aromatic rings. The van der Waals surface area contributed by atoms with Gasteiger partial charge in [-0.2, -0.15) is 0 Å². The summed E-state index contributed by atoms with van der Waals surface area (Å²) in [4.78, 5) is 0. The van der Waals surface area contributed by atoms with Crippen molar-refractivity contribution < 1.29 is 4.74 Å². The second-order valence-electron chi connectivity index (χ2n) is 4.98. The van der Waals surface area contributed by atoms with Crippen molar-refractivity contribution in [2.45, 2.75) is 19.1 Å². The molecule has 3 rings (SSSR count).